The van der Waals surface area contributed by atoms with Gasteiger partial charge in [-0.05, 0) is 37.5 Å². The molecular formula is C46H84N2O3. The van der Waals surface area contributed by atoms with Gasteiger partial charge in [0.2, 0.25) is 0 Å². The number of carbonyl (C=O) groups is 2. The van der Waals surface area contributed by atoms with E-state index in [1.165, 1.54) is 167 Å². The fourth-order valence-corrected chi connectivity index (χ4v) is 6.92. The largest absolute Gasteiger partial charge is 0.493 e. The maximum atomic E-state index is 13.2. The van der Waals surface area contributed by atoms with E-state index in [9.17, 15) is 9.59 Å². The highest BCUT2D eigenvalue weighted by atomic mass is 16.5. The number of rotatable bonds is 38. The first-order valence-electron chi connectivity index (χ1n) is 22.5. The van der Waals surface area contributed by atoms with Crippen molar-refractivity contribution in [3.63, 3.8) is 0 Å². The van der Waals surface area contributed by atoms with E-state index in [4.69, 9.17) is 4.74 Å². The van der Waals surface area contributed by atoms with E-state index in [1.54, 1.807) is 18.2 Å². The van der Waals surface area contributed by atoms with Gasteiger partial charge in [-0.1, -0.05) is 207 Å². The van der Waals surface area contributed by atoms with Gasteiger partial charge in [-0.3, -0.25) is 9.59 Å². The summed E-state index contributed by atoms with van der Waals surface area (Å²) in [4.78, 5) is 26.3. The average molecular weight is 713 g/mol. The summed E-state index contributed by atoms with van der Waals surface area (Å²) in [5.74, 6) is 0.342. The Morgan fingerprint density at radius 2 is 0.765 bits per heavy atom. The molecule has 0 aliphatic rings. The molecule has 0 saturated carbocycles. The third-order valence-electron chi connectivity index (χ3n) is 10.4. The Labute approximate surface area is 317 Å². The van der Waals surface area contributed by atoms with Crippen molar-refractivity contribution in [2.24, 2.45) is 0 Å². The molecule has 0 radical (unpaired) electrons. The molecule has 5 heteroatoms. The molecule has 0 unspecified atom stereocenters. The molecule has 1 rings (SSSR count). The van der Waals surface area contributed by atoms with Crippen LogP contribution in [0.25, 0.3) is 0 Å². The van der Waals surface area contributed by atoms with Crippen LogP contribution in [0.3, 0.4) is 0 Å². The lowest BCUT2D eigenvalue weighted by atomic mass is 10.0. The molecule has 0 heterocycles. The van der Waals surface area contributed by atoms with Crippen molar-refractivity contribution in [1.29, 1.82) is 0 Å². The number of nitrogens with one attached hydrogen (secondary N) is 2. The molecule has 51 heavy (non-hydrogen) atoms. The molecule has 0 bridgehead atoms. The van der Waals surface area contributed by atoms with E-state index < -0.39 is 0 Å². The number of benzene rings is 1. The van der Waals surface area contributed by atoms with Crippen molar-refractivity contribution < 1.29 is 14.3 Å². The number of amides is 2. The van der Waals surface area contributed by atoms with E-state index >= 15 is 0 Å². The van der Waals surface area contributed by atoms with Crippen LogP contribution in [0, 0.1) is 0 Å². The Kier molecular flexibility index (Phi) is 33.5. The second kappa shape index (κ2) is 36.3. The fraction of sp³-hybridized carbons (Fsp3) is 0.826. The zero-order chi connectivity index (χ0) is 36.9. The van der Waals surface area contributed by atoms with Crippen LogP contribution >= 0.6 is 0 Å². The first-order chi connectivity index (χ1) is 25.1. The summed E-state index contributed by atoms with van der Waals surface area (Å²) < 4.78 is 6.22. The first-order valence-corrected chi connectivity index (χ1v) is 22.5. The zero-order valence-electron chi connectivity index (χ0n) is 34.2. The second-order valence-corrected chi connectivity index (χ2v) is 15.3. The summed E-state index contributed by atoms with van der Waals surface area (Å²) >= 11 is 0. The van der Waals surface area contributed by atoms with Crippen molar-refractivity contribution in [2.45, 2.75) is 226 Å². The summed E-state index contributed by atoms with van der Waals surface area (Å²) in [6, 6.07) is 5.33. The van der Waals surface area contributed by atoms with Crippen molar-refractivity contribution >= 4 is 11.8 Å². The topological polar surface area (TPSA) is 67.4 Å². The van der Waals surface area contributed by atoms with Gasteiger partial charge in [0, 0.05) is 18.7 Å². The third kappa shape index (κ3) is 28.2. The Hall–Kier alpha value is -2.04. The Morgan fingerprint density at radius 3 is 1.16 bits per heavy atom. The number of ether oxygens (including phenoxy) is 1. The molecule has 2 N–H and O–H groups in total. The van der Waals surface area contributed by atoms with E-state index in [1.807, 2.05) is 0 Å². The summed E-state index contributed by atoms with van der Waals surface area (Å²) in [6.07, 6.45) is 41.1. The standard InChI is InChI=1S/C46H84N2O3/c1-4-7-10-13-16-19-20-21-22-23-26-29-32-35-40-51-44-41-42(45(49)47-38-33-30-27-24-17-14-11-8-5-2)36-37-43(44)46(50)48-39-34-31-28-25-18-15-12-9-6-3/h36-37,41H,4-35,38-40H2,1-3H3,(H,47,49)(H,48,50). The van der Waals surface area contributed by atoms with Gasteiger partial charge in [-0.2, -0.15) is 0 Å². The van der Waals surface area contributed by atoms with Crippen LogP contribution in [-0.2, 0) is 0 Å². The molecule has 0 spiro atoms. The normalized spacial score (nSPS) is 11.2. The fourth-order valence-electron chi connectivity index (χ4n) is 6.92. The summed E-state index contributed by atoms with van der Waals surface area (Å²) in [5.41, 5.74) is 1.10. The molecule has 296 valence electrons. The number of carbonyl (C=O) groups excluding carboxylic acids is 2. The molecule has 2 amide bonds. The van der Waals surface area contributed by atoms with Crippen LogP contribution < -0.4 is 15.4 Å². The lowest BCUT2D eigenvalue weighted by Crippen LogP contribution is -2.26. The maximum Gasteiger partial charge on any atom is 0.255 e. The Bertz CT molecular complexity index is 933. The predicted octanol–water partition coefficient (Wildman–Crippen LogP) is 14.1. The third-order valence-corrected chi connectivity index (χ3v) is 10.4. The molecule has 1 aromatic carbocycles. The smallest absolute Gasteiger partial charge is 0.255 e. The molecule has 0 saturated heterocycles. The maximum absolute atomic E-state index is 13.2. The highest BCUT2D eigenvalue weighted by Gasteiger charge is 2.16. The highest BCUT2D eigenvalue weighted by Crippen LogP contribution is 2.22. The minimum atomic E-state index is -0.104. The summed E-state index contributed by atoms with van der Waals surface area (Å²) in [6.45, 7) is 8.73. The quantitative estimate of drug-likeness (QED) is 0.0671. The highest BCUT2D eigenvalue weighted by molar-refractivity contribution is 6.00. The monoisotopic (exact) mass is 713 g/mol. The predicted molar refractivity (Wildman–Crippen MR) is 221 cm³/mol. The zero-order valence-corrected chi connectivity index (χ0v) is 34.2. The van der Waals surface area contributed by atoms with Crippen LogP contribution in [0.4, 0.5) is 0 Å². The van der Waals surface area contributed by atoms with Crippen LogP contribution in [0.2, 0.25) is 0 Å². The Morgan fingerprint density at radius 1 is 0.431 bits per heavy atom. The van der Waals surface area contributed by atoms with Crippen LogP contribution in [0.5, 0.6) is 5.75 Å². The van der Waals surface area contributed by atoms with Gasteiger partial charge >= 0.3 is 0 Å². The number of hydrogen-bond acceptors (Lipinski definition) is 3. The molecule has 0 aliphatic heterocycles. The van der Waals surface area contributed by atoms with Crippen LogP contribution in [0.15, 0.2) is 18.2 Å². The number of unbranched alkanes of at least 4 members (excludes halogenated alkanes) is 29. The molecule has 0 fully saturated rings. The minimum absolute atomic E-state index is 0.0856. The van der Waals surface area contributed by atoms with Gasteiger partial charge in [0.15, 0.2) is 0 Å². The number of hydrogen-bond donors (Lipinski definition) is 2. The second-order valence-electron chi connectivity index (χ2n) is 15.3. The summed E-state index contributed by atoms with van der Waals surface area (Å²) in [7, 11) is 0. The van der Waals surface area contributed by atoms with Gasteiger partial charge in [0.1, 0.15) is 5.75 Å². The van der Waals surface area contributed by atoms with Crippen LogP contribution in [-0.4, -0.2) is 31.5 Å². The van der Waals surface area contributed by atoms with E-state index in [-0.39, 0.29) is 11.8 Å². The van der Waals surface area contributed by atoms with E-state index in [2.05, 4.69) is 31.4 Å². The molecule has 0 aliphatic carbocycles. The van der Waals surface area contributed by atoms with Gasteiger partial charge in [-0.25, -0.2) is 0 Å². The van der Waals surface area contributed by atoms with Crippen molar-refractivity contribution in [1.82, 2.24) is 10.6 Å². The molecule has 0 aromatic heterocycles. The SMILES string of the molecule is CCCCCCCCCCCCCCCCOc1cc(C(=O)NCCCCCCCCCCC)ccc1C(=O)NCCCCCCCCCCC. The average Bonchev–Trinajstić information content (AvgIpc) is 3.14. The molecule has 5 nitrogen and oxygen atoms in total. The minimum Gasteiger partial charge on any atom is -0.493 e. The Balaban J connectivity index is 2.45. The van der Waals surface area contributed by atoms with Gasteiger partial charge in [0.05, 0.1) is 12.2 Å². The van der Waals surface area contributed by atoms with Gasteiger partial charge in [0.25, 0.3) is 11.8 Å². The lowest BCUT2D eigenvalue weighted by molar-refractivity contribution is 0.0937. The van der Waals surface area contributed by atoms with Crippen molar-refractivity contribution in [3.8, 4) is 5.75 Å². The van der Waals surface area contributed by atoms with Gasteiger partial charge in [-0.15, -0.1) is 0 Å². The van der Waals surface area contributed by atoms with Gasteiger partial charge < -0.3 is 15.4 Å². The lowest BCUT2D eigenvalue weighted by Gasteiger charge is -2.14. The molecule has 1 aromatic rings. The van der Waals surface area contributed by atoms with Crippen molar-refractivity contribution in [3.05, 3.63) is 29.3 Å². The molecular weight excluding hydrogens is 629 g/mol. The van der Waals surface area contributed by atoms with Crippen LogP contribution in [0.1, 0.15) is 247 Å². The summed E-state index contributed by atoms with van der Waals surface area (Å²) in [5, 5.41) is 6.21. The molecule has 0 atom stereocenters. The van der Waals surface area contributed by atoms with E-state index in [0.29, 0.717) is 36.6 Å². The van der Waals surface area contributed by atoms with Crippen molar-refractivity contribution in [2.75, 3.05) is 19.7 Å². The van der Waals surface area contributed by atoms with E-state index in [0.717, 1.165) is 38.5 Å². The first kappa shape index (κ1) is 47.0.